The second-order valence-corrected chi connectivity index (χ2v) is 6.55. The van der Waals surface area contributed by atoms with Gasteiger partial charge >= 0.3 is 0 Å². The van der Waals surface area contributed by atoms with Crippen molar-refractivity contribution in [2.45, 2.75) is 13.0 Å². The van der Waals surface area contributed by atoms with E-state index in [1.165, 1.54) is 19.5 Å². The summed E-state index contributed by atoms with van der Waals surface area (Å²) in [6.45, 7) is 1.86. The number of ether oxygens (including phenoxy) is 1. The Kier molecular flexibility index (Phi) is 4.90. The van der Waals surface area contributed by atoms with E-state index in [9.17, 15) is 9.65 Å². The molecular formula is C21H18FN7O. The quantitative estimate of drug-likeness (QED) is 0.523. The molecule has 150 valence electrons. The maximum atomic E-state index is 14.5. The molecule has 0 saturated heterocycles. The lowest BCUT2D eigenvalue weighted by Crippen LogP contribution is -2.15. The van der Waals surface area contributed by atoms with Gasteiger partial charge in [0, 0.05) is 5.69 Å². The minimum atomic E-state index is -0.482. The van der Waals surface area contributed by atoms with Gasteiger partial charge in [-0.3, -0.25) is 4.57 Å². The van der Waals surface area contributed by atoms with Gasteiger partial charge in [0.2, 0.25) is 0 Å². The van der Waals surface area contributed by atoms with Crippen LogP contribution in [0.2, 0.25) is 0 Å². The summed E-state index contributed by atoms with van der Waals surface area (Å²) < 4.78 is 21.6. The fourth-order valence-electron chi connectivity index (χ4n) is 3.34. The minimum Gasteiger partial charge on any atom is -0.491 e. The monoisotopic (exact) mass is 403 g/mol. The molecule has 0 bridgehead atoms. The van der Waals surface area contributed by atoms with Crippen LogP contribution in [-0.2, 0) is 0 Å². The second-order valence-electron chi connectivity index (χ2n) is 6.55. The van der Waals surface area contributed by atoms with Crippen molar-refractivity contribution in [3.05, 3.63) is 66.0 Å². The molecule has 0 radical (unpaired) electrons. The third-order valence-corrected chi connectivity index (χ3v) is 4.70. The van der Waals surface area contributed by atoms with Gasteiger partial charge in [-0.1, -0.05) is 18.2 Å². The molecule has 0 fully saturated rings. The van der Waals surface area contributed by atoms with Crippen LogP contribution in [0.3, 0.4) is 0 Å². The molecule has 1 atom stereocenters. The van der Waals surface area contributed by atoms with Crippen LogP contribution < -0.4 is 15.8 Å². The first kappa shape index (κ1) is 19.1. The Morgan fingerprint density at radius 2 is 1.97 bits per heavy atom. The predicted octanol–water partition coefficient (Wildman–Crippen LogP) is 3.59. The number of methoxy groups -OCH3 is 1. The van der Waals surface area contributed by atoms with E-state index in [0.29, 0.717) is 22.7 Å². The molecular weight excluding hydrogens is 385 g/mol. The smallest absolute Gasteiger partial charge is 0.180 e. The van der Waals surface area contributed by atoms with Crippen molar-refractivity contribution < 1.29 is 9.13 Å². The van der Waals surface area contributed by atoms with Gasteiger partial charge in [-0.2, -0.15) is 5.26 Å². The molecule has 30 heavy (non-hydrogen) atoms. The van der Waals surface area contributed by atoms with Crippen molar-refractivity contribution in [1.29, 1.82) is 5.26 Å². The maximum Gasteiger partial charge on any atom is 0.180 e. The van der Waals surface area contributed by atoms with Crippen LogP contribution in [0, 0.1) is 17.1 Å². The summed E-state index contributed by atoms with van der Waals surface area (Å²) in [5, 5.41) is 12.6. The summed E-state index contributed by atoms with van der Waals surface area (Å²) in [6, 6.07) is 14.0. The van der Waals surface area contributed by atoms with E-state index in [1.54, 1.807) is 6.07 Å². The lowest BCUT2D eigenvalue weighted by atomic mass is 10.2. The first-order valence-corrected chi connectivity index (χ1v) is 9.12. The van der Waals surface area contributed by atoms with E-state index in [4.69, 9.17) is 15.5 Å². The molecule has 0 spiro atoms. The number of nitrogen functional groups attached to an aromatic ring is 1. The molecule has 2 heterocycles. The number of fused-ring (bicyclic) bond motifs is 1. The molecule has 0 saturated carbocycles. The number of imidazole rings is 1. The van der Waals surface area contributed by atoms with Gasteiger partial charge in [0.05, 0.1) is 18.7 Å². The zero-order chi connectivity index (χ0) is 21.3. The van der Waals surface area contributed by atoms with E-state index in [0.717, 1.165) is 5.69 Å². The number of hydrogen-bond donors (Lipinski definition) is 2. The van der Waals surface area contributed by atoms with Crippen molar-refractivity contribution in [1.82, 2.24) is 19.5 Å². The number of aromatic nitrogens is 4. The summed E-state index contributed by atoms with van der Waals surface area (Å²) in [5.41, 5.74) is 7.81. The largest absolute Gasteiger partial charge is 0.491 e. The number of hydrogen-bond acceptors (Lipinski definition) is 7. The lowest BCUT2D eigenvalue weighted by molar-refractivity contribution is 0.390. The van der Waals surface area contributed by atoms with Crippen molar-refractivity contribution in [3.63, 3.8) is 0 Å². The number of nitrogens with zero attached hydrogens (tertiary/aromatic N) is 5. The fourth-order valence-corrected chi connectivity index (χ4v) is 3.34. The van der Waals surface area contributed by atoms with E-state index >= 15 is 0 Å². The average Bonchev–Trinajstić information content (AvgIpc) is 3.14. The Labute approximate surface area is 171 Å². The molecule has 0 amide bonds. The normalized spacial score (nSPS) is 11.8. The number of nitrogens with one attached hydrogen (secondary N) is 1. The van der Waals surface area contributed by atoms with Gasteiger partial charge in [0.1, 0.15) is 40.9 Å². The highest BCUT2D eigenvalue weighted by Crippen LogP contribution is 2.34. The van der Waals surface area contributed by atoms with Crippen LogP contribution in [0.15, 0.2) is 48.8 Å². The Morgan fingerprint density at radius 1 is 1.20 bits per heavy atom. The second kappa shape index (κ2) is 7.67. The molecule has 2 aromatic carbocycles. The summed E-state index contributed by atoms with van der Waals surface area (Å²) in [6.07, 6.45) is 1.28. The number of benzene rings is 2. The van der Waals surface area contributed by atoms with Crippen LogP contribution >= 0.6 is 0 Å². The predicted molar refractivity (Wildman–Crippen MR) is 111 cm³/mol. The summed E-state index contributed by atoms with van der Waals surface area (Å²) >= 11 is 0. The SMILES string of the molecule is COc1c(F)ccc2nc([C@H](C)Nc3ncnc(N)c3C#N)n(-c3ccccc3)c12. The minimum absolute atomic E-state index is 0.0857. The third-order valence-electron chi connectivity index (χ3n) is 4.70. The molecule has 2 aromatic heterocycles. The maximum absolute atomic E-state index is 14.5. The molecule has 0 aliphatic heterocycles. The van der Waals surface area contributed by atoms with Crippen molar-refractivity contribution >= 4 is 22.7 Å². The van der Waals surface area contributed by atoms with Crippen LogP contribution in [0.25, 0.3) is 16.7 Å². The number of rotatable bonds is 5. The topological polar surface area (TPSA) is 115 Å². The summed E-state index contributed by atoms with van der Waals surface area (Å²) in [4.78, 5) is 12.7. The first-order valence-electron chi connectivity index (χ1n) is 9.12. The average molecular weight is 403 g/mol. The van der Waals surface area contributed by atoms with Crippen molar-refractivity contribution in [2.75, 3.05) is 18.2 Å². The Balaban J connectivity index is 1.91. The highest BCUT2D eigenvalue weighted by Gasteiger charge is 2.23. The van der Waals surface area contributed by atoms with Crippen LogP contribution in [-0.4, -0.2) is 26.6 Å². The Hall–Kier alpha value is -4.19. The number of nitrogens with two attached hydrogens (primary N) is 1. The van der Waals surface area contributed by atoms with E-state index in [2.05, 4.69) is 15.3 Å². The Bertz CT molecular complexity index is 1260. The lowest BCUT2D eigenvalue weighted by Gasteiger charge is -2.18. The number of para-hydroxylation sites is 1. The van der Waals surface area contributed by atoms with Crippen molar-refractivity contribution in [3.8, 4) is 17.5 Å². The van der Waals surface area contributed by atoms with Crippen LogP contribution in [0.5, 0.6) is 5.75 Å². The van der Waals surface area contributed by atoms with Gasteiger partial charge in [-0.15, -0.1) is 0 Å². The van der Waals surface area contributed by atoms with Crippen molar-refractivity contribution in [2.24, 2.45) is 0 Å². The van der Waals surface area contributed by atoms with E-state index in [1.807, 2.05) is 47.9 Å². The molecule has 0 unspecified atom stereocenters. The summed E-state index contributed by atoms with van der Waals surface area (Å²) in [5.74, 6) is 0.585. The van der Waals surface area contributed by atoms with E-state index in [-0.39, 0.29) is 17.1 Å². The Morgan fingerprint density at radius 3 is 2.67 bits per heavy atom. The number of halogens is 1. The first-order chi connectivity index (χ1) is 14.5. The number of nitriles is 1. The van der Waals surface area contributed by atoms with Gasteiger partial charge in [-0.05, 0) is 31.2 Å². The molecule has 8 nitrogen and oxygen atoms in total. The summed E-state index contributed by atoms with van der Waals surface area (Å²) in [7, 11) is 1.42. The standard InChI is InChI=1S/C21H18FN7O/c1-12(27-20-14(10-23)19(24)25-11-26-20)21-28-16-9-8-15(22)18(30-2)17(16)29(21)13-6-4-3-5-7-13/h3-9,11-12H,1-2H3,(H3,24,25,26,27)/t12-/m0/s1. The van der Waals surface area contributed by atoms with Gasteiger partial charge < -0.3 is 15.8 Å². The molecule has 0 aliphatic carbocycles. The van der Waals surface area contributed by atoms with E-state index < -0.39 is 11.9 Å². The molecule has 0 aliphatic rings. The highest BCUT2D eigenvalue weighted by atomic mass is 19.1. The molecule has 9 heteroatoms. The zero-order valence-corrected chi connectivity index (χ0v) is 16.3. The van der Waals surface area contributed by atoms with Crippen LogP contribution in [0.1, 0.15) is 24.4 Å². The van der Waals surface area contributed by atoms with Crippen LogP contribution in [0.4, 0.5) is 16.0 Å². The number of anilines is 2. The molecule has 4 aromatic rings. The zero-order valence-electron chi connectivity index (χ0n) is 16.3. The highest BCUT2D eigenvalue weighted by molar-refractivity contribution is 5.85. The van der Waals surface area contributed by atoms with Gasteiger partial charge in [0.25, 0.3) is 0 Å². The molecule has 3 N–H and O–H groups in total. The third kappa shape index (κ3) is 3.14. The van der Waals surface area contributed by atoms with Gasteiger partial charge in [-0.25, -0.2) is 19.3 Å². The molecule has 4 rings (SSSR count). The fraction of sp³-hybridized carbons (Fsp3) is 0.143. The van der Waals surface area contributed by atoms with Gasteiger partial charge in [0.15, 0.2) is 11.6 Å².